The van der Waals surface area contributed by atoms with Crippen molar-refractivity contribution >= 4 is 23.0 Å². The van der Waals surface area contributed by atoms with Gasteiger partial charge in [0, 0.05) is 18.2 Å². The first-order chi connectivity index (χ1) is 11.9. The molecule has 0 aliphatic heterocycles. The lowest BCUT2D eigenvalue weighted by molar-refractivity contribution is 0.0607. The standard InChI is InChI=1S/C19H22N2O3S/c1-19(2,3)8-7-15-12-16(17(25-15)18(22)23-4)21-10-11-24-14-6-5-9-20-13-14/h5-6,9,12-13,21H,10-11H2,1-4H3. The van der Waals surface area contributed by atoms with E-state index in [0.717, 1.165) is 4.88 Å². The molecule has 1 N–H and O–H groups in total. The van der Waals surface area contributed by atoms with E-state index in [4.69, 9.17) is 9.47 Å². The normalized spacial score (nSPS) is 10.6. The maximum atomic E-state index is 12.0. The van der Waals surface area contributed by atoms with Crippen LogP contribution in [0.3, 0.4) is 0 Å². The molecule has 0 fully saturated rings. The van der Waals surface area contributed by atoms with Gasteiger partial charge < -0.3 is 14.8 Å². The lowest BCUT2D eigenvalue weighted by atomic mass is 9.98. The van der Waals surface area contributed by atoms with Crippen LogP contribution in [0.2, 0.25) is 0 Å². The largest absolute Gasteiger partial charge is 0.490 e. The molecule has 0 aromatic carbocycles. The van der Waals surface area contributed by atoms with Crippen molar-refractivity contribution in [1.29, 1.82) is 0 Å². The molecule has 0 saturated carbocycles. The summed E-state index contributed by atoms with van der Waals surface area (Å²) in [5.74, 6) is 6.63. The van der Waals surface area contributed by atoms with E-state index in [-0.39, 0.29) is 11.4 Å². The van der Waals surface area contributed by atoms with Crippen molar-refractivity contribution in [1.82, 2.24) is 4.98 Å². The van der Waals surface area contributed by atoms with Crippen LogP contribution in [0.25, 0.3) is 0 Å². The van der Waals surface area contributed by atoms with Gasteiger partial charge in [0.2, 0.25) is 0 Å². The number of nitrogens with zero attached hydrogens (tertiary/aromatic N) is 1. The summed E-state index contributed by atoms with van der Waals surface area (Å²) in [4.78, 5) is 17.3. The number of carbonyl (C=O) groups excluding carboxylic acids is 1. The lowest BCUT2D eigenvalue weighted by Crippen LogP contribution is -2.13. The second-order valence-corrected chi connectivity index (χ2v) is 7.36. The van der Waals surface area contributed by atoms with Gasteiger partial charge in [-0.05, 0) is 39.0 Å². The third-order valence-corrected chi connectivity index (χ3v) is 4.01. The van der Waals surface area contributed by atoms with Crippen LogP contribution in [0.15, 0.2) is 30.6 Å². The van der Waals surface area contributed by atoms with Crippen LogP contribution in [0.1, 0.15) is 35.3 Å². The summed E-state index contributed by atoms with van der Waals surface area (Å²) < 4.78 is 10.4. The van der Waals surface area contributed by atoms with Crippen molar-refractivity contribution in [3.63, 3.8) is 0 Å². The molecule has 0 bridgehead atoms. The highest BCUT2D eigenvalue weighted by Crippen LogP contribution is 2.28. The van der Waals surface area contributed by atoms with Gasteiger partial charge in [-0.3, -0.25) is 4.98 Å². The molecule has 0 aliphatic rings. The third kappa shape index (κ3) is 6.12. The van der Waals surface area contributed by atoms with Gasteiger partial charge in [-0.15, -0.1) is 11.3 Å². The Bertz CT molecular complexity index is 767. The smallest absolute Gasteiger partial charge is 0.350 e. The van der Waals surface area contributed by atoms with Crippen LogP contribution >= 0.6 is 11.3 Å². The molecule has 2 rings (SSSR count). The van der Waals surface area contributed by atoms with E-state index in [1.165, 1.54) is 18.4 Å². The van der Waals surface area contributed by atoms with Crippen molar-refractivity contribution in [3.8, 4) is 17.6 Å². The van der Waals surface area contributed by atoms with Crippen LogP contribution < -0.4 is 10.1 Å². The fraction of sp³-hybridized carbons (Fsp3) is 0.368. The van der Waals surface area contributed by atoms with Crippen molar-refractivity contribution < 1.29 is 14.3 Å². The van der Waals surface area contributed by atoms with Crippen LogP contribution in [0.4, 0.5) is 5.69 Å². The van der Waals surface area contributed by atoms with Crippen LogP contribution in [0.5, 0.6) is 5.75 Å². The highest BCUT2D eigenvalue weighted by molar-refractivity contribution is 7.15. The minimum Gasteiger partial charge on any atom is -0.490 e. The molecule has 0 amide bonds. The molecule has 6 heteroatoms. The number of esters is 1. The van der Waals surface area contributed by atoms with E-state index in [9.17, 15) is 4.79 Å². The molecule has 0 saturated heterocycles. The number of hydrogen-bond donors (Lipinski definition) is 1. The molecule has 0 aliphatic carbocycles. The first kappa shape index (κ1) is 18.8. The molecular formula is C19H22N2O3S. The minimum atomic E-state index is -0.371. The zero-order valence-corrected chi connectivity index (χ0v) is 15.7. The van der Waals surface area contributed by atoms with E-state index < -0.39 is 0 Å². The number of rotatable bonds is 6. The van der Waals surface area contributed by atoms with Crippen molar-refractivity contribution in [3.05, 3.63) is 40.3 Å². The second kappa shape index (κ2) is 8.54. The number of nitrogens with one attached hydrogen (secondary N) is 1. The van der Waals surface area contributed by atoms with Gasteiger partial charge in [0.05, 0.1) is 23.9 Å². The fourth-order valence-electron chi connectivity index (χ4n) is 1.86. The number of aromatic nitrogens is 1. The number of pyridine rings is 1. The van der Waals surface area contributed by atoms with Gasteiger partial charge in [-0.2, -0.15) is 0 Å². The van der Waals surface area contributed by atoms with E-state index in [0.29, 0.717) is 29.5 Å². The summed E-state index contributed by atoms with van der Waals surface area (Å²) in [5.41, 5.74) is 0.616. The zero-order valence-electron chi connectivity index (χ0n) is 14.9. The Kier molecular flexibility index (Phi) is 6.43. The van der Waals surface area contributed by atoms with Crippen LogP contribution in [-0.4, -0.2) is 31.2 Å². The third-order valence-electron chi connectivity index (χ3n) is 2.98. The number of anilines is 1. The monoisotopic (exact) mass is 358 g/mol. The van der Waals surface area contributed by atoms with Crippen LogP contribution in [-0.2, 0) is 4.74 Å². The zero-order chi connectivity index (χ0) is 18.3. The topological polar surface area (TPSA) is 60.5 Å². The van der Waals surface area contributed by atoms with Gasteiger partial charge in [0.25, 0.3) is 0 Å². The van der Waals surface area contributed by atoms with E-state index >= 15 is 0 Å². The Labute approximate surface area is 152 Å². The Balaban J connectivity index is 2.03. The molecule has 2 heterocycles. The summed E-state index contributed by atoms with van der Waals surface area (Å²) in [5, 5.41) is 3.21. The van der Waals surface area contributed by atoms with Gasteiger partial charge in [-0.25, -0.2) is 4.79 Å². The van der Waals surface area contributed by atoms with Crippen LogP contribution in [0, 0.1) is 17.3 Å². The number of thiophene rings is 1. The van der Waals surface area contributed by atoms with Gasteiger partial charge >= 0.3 is 5.97 Å². The highest BCUT2D eigenvalue weighted by Gasteiger charge is 2.16. The highest BCUT2D eigenvalue weighted by atomic mass is 32.1. The molecule has 0 radical (unpaired) electrons. The Morgan fingerprint density at radius 1 is 1.40 bits per heavy atom. The van der Waals surface area contributed by atoms with E-state index in [2.05, 4.69) is 22.1 Å². The molecule has 25 heavy (non-hydrogen) atoms. The summed E-state index contributed by atoms with van der Waals surface area (Å²) in [7, 11) is 1.37. The maximum Gasteiger partial charge on any atom is 0.350 e. The maximum absolute atomic E-state index is 12.0. The number of ether oxygens (including phenoxy) is 2. The molecule has 132 valence electrons. The predicted molar refractivity (Wildman–Crippen MR) is 100 cm³/mol. The minimum absolute atomic E-state index is 0.0967. The average molecular weight is 358 g/mol. The Morgan fingerprint density at radius 3 is 2.84 bits per heavy atom. The summed E-state index contributed by atoms with van der Waals surface area (Å²) in [6.07, 6.45) is 3.35. The average Bonchev–Trinajstić information content (AvgIpc) is 3.00. The number of hydrogen-bond acceptors (Lipinski definition) is 6. The SMILES string of the molecule is COC(=O)c1sc(C#CC(C)(C)C)cc1NCCOc1cccnc1. The summed E-state index contributed by atoms with van der Waals surface area (Å²) in [6, 6.07) is 5.54. The number of methoxy groups -OCH3 is 1. The molecule has 0 unspecified atom stereocenters. The Morgan fingerprint density at radius 2 is 2.20 bits per heavy atom. The van der Waals surface area contributed by atoms with E-state index in [1.54, 1.807) is 12.4 Å². The number of carbonyl (C=O) groups is 1. The van der Waals surface area contributed by atoms with Crippen molar-refractivity contribution in [2.24, 2.45) is 5.41 Å². The van der Waals surface area contributed by atoms with Gasteiger partial charge in [0.15, 0.2) is 0 Å². The molecule has 2 aromatic rings. The Hall–Kier alpha value is -2.52. The quantitative estimate of drug-likeness (QED) is 0.483. The summed E-state index contributed by atoms with van der Waals surface area (Å²) in [6.45, 7) is 7.13. The molecular weight excluding hydrogens is 336 g/mol. The first-order valence-electron chi connectivity index (χ1n) is 7.91. The second-order valence-electron chi connectivity index (χ2n) is 6.31. The lowest BCUT2D eigenvalue weighted by Gasteiger charge is -2.08. The van der Waals surface area contributed by atoms with Gasteiger partial charge in [-0.1, -0.05) is 11.8 Å². The van der Waals surface area contributed by atoms with Crippen molar-refractivity contribution in [2.45, 2.75) is 20.8 Å². The molecule has 2 aromatic heterocycles. The predicted octanol–water partition coefficient (Wildman–Crippen LogP) is 3.82. The first-order valence-corrected chi connectivity index (χ1v) is 8.73. The molecule has 5 nitrogen and oxygen atoms in total. The molecule has 0 spiro atoms. The van der Waals surface area contributed by atoms with Crippen molar-refractivity contribution in [2.75, 3.05) is 25.6 Å². The fourth-order valence-corrected chi connectivity index (χ4v) is 2.77. The molecule has 0 atom stereocenters. The van der Waals surface area contributed by atoms with Gasteiger partial charge in [0.1, 0.15) is 17.2 Å². The van der Waals surface area contributed by atoms with E-state index in [1.807, 2.05) is 39.0 Å². The summed E-state index contributed by atoms with van der Waals surface area (Å²) >= 11 is 1.33.